The molecule has 0 spiro atoms. The topological polar surface area (TPSA) is 58.4 Å². The third-order valence-corrected chi connectivity index (χ3v) is 4.56. The molecule has 2 aromatic rings. The van der Waals surface area contributed by atoms with Gasteiger partial charge in [0.25, 0.3) is 5.56 Å². The minimum atomic E-state index is -0.299. The van der Waals surface area contributed by atoms with Crippen molar-refractivity contribution >= 4 is 23.2 Å². The predicted molar refractivity (Wildman–Crippen MR) is 93.5 cm³/mol. The Kier molecular flexibility index (Phi) is 4.85. The van der Waals surface area contributed by atoms with Crippen LogP contribution in [0.2, 0.25) is 5.02 Å². The lowest BCUT2D eigenvalue weighted by atomic mass is 10.2. The molecule has 1 amide bonds. The Morgan fingerprint density at radius 1 is 1.17 bits per heavy atom. The summed E-state index contributed by atoms with van der Waals surface area (Å²) in [5, 5.41) is 4.44. The average Bonchev–Trinajstić information content (AvgIpc) is 2.60. The van der Waals surface area contributed by atoms with Gasteiger partial charge >= 0.3 is 0 Å². The van der Waals surface area contributed by atoms with Crippen molar-refractivity contribution in [1.29, 1.82) is 0 Å². The van der Waals surface area contributed by atoms with Crippen LogP contribution in [0.4, 0.5) is 5.69 Å². The Hall–Kier alpha value is -2.34. The number of hydrogen-bond donors (Lipinski definition) is 0. The summed E-state index contributed by atoms with van der Waals surface area (Å²) in [6, 6.07) is 9.65. The van der Waals surface area contributed by atoms with Gasteiger partial charge in [0.05, 0.1) is 18.4 Å². The van der Waals surface area contributed by atoms with Crippen LogP contribution >= 0.6 is 11.6 Å². The highest BCUT2D eigenvalue weighted by Gasteiger charge is 2.22. The SMILES string of the molecule is CC(=O)N1CCN(c2cnn(Cc3ccccc3)c(=O)c2Cl)CC1. The minimum Gasteiger partial charge on any atom is -0.365 e. The predicted octanol–water partition coefficient (Wildman–Crippen LogP) is 1.61. The van der Waals surface area contributed by atoms with Crippen LogP contribution in [0.5, 0.6) is 0 Å². The lowest BCUT2D eigenvalue weighted by Crippen LogP contribution is -2.48. The molecule has 7 heteroatoms. The normalized spacial score (nSPS) is 14.8. The van der Waals surface area contributed by atoms with Gasteiger partial charge in [-0.05, 0) is 5.56 Å². The summed E-state index contributed by atoms with van der Waals surface area (Å²) >= 11 is 6.30. The lowest BCUT2D eigenvalue weighted by Gasteiger charge is -2.35. The molecule has 1 fully saturated rings. The quantitative estimate of drug-likeness (QED) is 0.847. The summed E-state index contributed by atoms with van der Waals surface area (Å²) in [6.07, 6.45) is 1.64. The van der Waals surface area contributed by atoms with E-state index in [0.717, 1.165) is 5.56 Å². The van der Waals surface area contributed by atoms with Crippen molar-refractivity contribution in [2.45, 2.75) is 13.5 Å². The van der Waals surface area contributed by atoms with Crippen LogP contribution in [0.25, 0.3) is 0 Å². The number of aromatic nitrogens is 2. The van der Waals surface area contributed by atoms with Crippen molar-refractivity contribution in [1.82, 2.24) is 14.7 Å². The smallest absolute Gasteiger partial charge is 0.287 e. The monoisotopic (exact) mass is 346 g/mol. The summed E-state index contributed by atoms with van der Waals surface area (Å²) in [5.74, 6) is 0.0668. The van der Waals surface area contributed by atoms with E-state index < -0.39 is 0 Å². The number of benzene rings is 1. The zero-order chi connectivity index (χ0) is 17.1. The third kappa shape index (κ3) is 3.43. The number of amides is 1. The zero-order valence-electron chi connectivity index (χ0n) is 13.5. The van der Waals surface area contributed by atoms with E-state index in [1.54, 1.807) is 18.0 Å². The van der Waals surface area contributed by atoms with Crippen molar-refractivity contribution in [2.24, 2.45) is 0 Å². The molecule has 0 saturated carbocycles. The molecule has 2 heterocycles. The van der Waals surface area contributed by atoms with Crippen molar-refractivity contribution in [3.8, 4) is 0 Å². The van der Waals surface area contributed by atoms with Gasteiger partial charge in [0.15, 0.2) is 0 Å². The van der Waals surface area contributed by atoms with E-state index in [2.05, 4.69) is 5.10 Å². The molecule has 0 atom stereocenters. The molecule has 1 aliphatic heterocycles. The summed E-state index contributed by atoms with van der Waals surface area (Å²) in [5.41, 5.74) is 1.33. The molecule has 1 aromatic heterocycles. The van der Waals surface area contributed by atoms with E-state index in [1.807, 2.05) is 35.2 Å². The Morgan fingerprint density at radius 3 is 2.46 bits per heavy atom. The molecule has 0 unspecified atom stereocenters. The van der Waals surface area contributed by atoms with Crippen LogP contribution < -0.4 is 10.5 Å². The molecule has 1 aliphatic rings. The summed E-state index contributed by atoms with van der Waals surface area (Å²) in [6.45, 7) is 4.48. The first-order valence-electron chi connectivity index (χ1n) is 7.86. The summed E-state index contributed by atoms with van der Waals surface area (Å²) < 4.78 is 1.37. The largest absolute Gasteiger partial charge is 0.365 e. The molecule has 6 nitrogen and oxygen atoms in total. The van der Waals surface area contributed by atoms with Gasteiger partial charge in [-0.2, -0.15) is 5.10 Å². The first-order valence-corrected chi connectivity index (χ1v) is 8.24. The number of hydrogen-bond acceptors (Lipinski definition) is 4. The maximum Gasteiger partial charge on any atom is 0.287 e. The van der Waals surface area contributed by atoms with Crippen LogP contribution in [-0.4, -0.2) is 46.8 Å². The molecule has 3 rings (SSSR count). The second-order valence-electron chi connectivity index (χ2n) is 5.79. The Labute approximate surface area is 145 Å². The van der Waals surface area contributed by atoms with Gasteiger partial charge < -0.3 is 9.80 Å². The summed E-state index contributed by atoms with van der Waals surface area (Å²) in [7, 11) is 0. The first kappa shape index (κ1) is 16.5. The highest BCUT2D eigenvalue weighted by atomic mass is 35.5. The molecule has 1 aromatic carbocycles. The van der Waals surface area contributed by atoms with Crippen molar-refractivity contribution in [3.63, 3.8) is 0 Å². The Bertz CT molecular complexity index is 783. The van der Waals surface area contributed by atoms with Crippen LogP contribution in [0, 0.1) is 0 Å². The highest BCUT2D eigenvalue weighted by molar-refractivity contribution is 6.33. The fourth-order valence-corrected chi connectivity index (χ4v) is 3.07. The fourth-order valence-electron chi connectivity index (χ4n) is 2.81. The maximum atomic E-state index is 12.5. The molecular formula is C17H19ClN4O2. The average molecular weight is 347 g/mol. The van der Waals surface area contributed by atoms with E-state index in [-0.39, 0.29) is 16.5 Å². The maximum absolute atomic E-state index is 12.5. The van der Waals surface area contributed by atoms with E-state index in [4.69, 9.17) is 11.6 Å². The number of piperazine rings is 1. The third-order valence-electron chi connectivity index (χ3n) is 4.21. The molecule has 126 valence electrons. The van der Waals surface area contributed by atoms with Gasteiger partial charge in [-0.3, -0.25) is 9.59 Å². The van der Waals surface area contributed by atoms with Crippen molar-refractivity contribution < 1.29 is 4.79 Å². The van der Waals surface area contributed by atoms with E-state index >= 15 is 0 Å². The Balaban J connectivity index is 1.78. The van der Waals surface area contributed by atoms with Crippen LogP contribution in [-0.2, 0) is 11.3 Å². The van der Waals surface area contributed by atoms with Gasteiger partial charge in [0.1, 0.15) is 5.02 Å². The lowest BCUT2D eigenvalue weighted by molar-refractivity contribution is -0.129. The van der Waals surface area contributed by atoms with Gasteiger partial charge in [0, 0.05) is 33.1 Å². The number of halogens is 1. The second-order valence-corrected chi connectivity index (χ2v) is 6.16. The van der Waals surface area contributed by atoms with Crippen LogP contribution in [0.1, 0.15) is 12.5 Å². The number of rotatable bonds is 3. The zero-order valence-corrected chi connectivity index (χ0v) is 14.2. The molecule has 0 radical (unpaired) electrons. The van der Waals surface area contributed by atoms with Crippen LogP contribution in [0.15, 0.2) is 41.3 Å². The van der Waals surface area contributed by atoms with Gasteiger partial charge in [0.2, 0.25) is 5.91 Å². The second kappa shape index (κ2) is 7.05. The van der Waals surface area contributed by atoms with E-state index in [9.17, 15) is 9.59 Å². The first-order chi connectivity index (χ1) is 11.6. The number of carbonyl (C=O) groups excluding carboxylic acids is 1. The van der Waals surface area contributed by atoms with Gasteiger partial charge in [-0.15, -0.1) is 0 Å². The van der Waals surface area contributed by atoms with Gasteiger partial charge in [-0.1, -0.05) is 41.9 Å². The van der Waals surface area contributed by atoms with Crippen molar-refractivity contribution in [3.05, 3.63) is 57.5 Å². The molecule has 0 aliphatic carbocycles. The molecule has 0 N–H and O–H groups in total. The van der Waals surface area contributed by atoms with E-state index in [0.29, 0.717) is 38.4 Å². The molecule has 1 saturated heterocycles. The number of carbonyl (C=O) groups is 1. The standard InChI is InChI=1S/C17H19ClN4O2/c1-13(23)20-7-9-21(10-8-20)15-11-19-22(17(24)16(15)18)12-14-5-3-2-4-6-14/h2-6,11H,7-10,12H2,1H3. The highest BCUT2D eigenvalue weighted by Crippen LogP contribution is 2.22. The summed E-state index contributed by atoms with van der Waals surface area (Å²) in [4.78, 5) is 27.7. The molecule has 24 heavy (non-hydrogen) atoms. The van der Waals surface area contributed by atoms with E-state index in [1.165, 1.54) is 4.68 Å². The molecular weight excluding hydrogens is 328 g/mol. The van der Waals surface area contributed by atoms with Gasteiger partial charge in [-0.25, -0.2) is 4.68 Å². The number of nitrogens with zero attached hydrogens (tertiary/aromatic N) is 4. The molecule has 0 bridgehead atoms. The number of anilines is 1. The Morgan fingerprint density at radius 2 is 1.83 bits per heavy atom. The van der Waals surface area contributed by atoms with Crippen LogP contribution in [0.3, 0.4) is 0 Å². The minimum absolute atomic E-state index is 0.0668. The van der Waals surface area contributed by atoms with Crippen molar-refractivity contribution in [2.75, 3.05) is 31.1 Å². The fraction of sp³-hybridized carbons (Fsp3) is 0.353.